The molecule has 0 unspecified atom stereocenters. The van der Waals surface area contributed by atoms with E-state index in [-0.39, 0.29) is 5.41 Å². The summed E-state index contributed by atoms with van der Waals surface area (Å²) in [5.74, 6) is 0.831. The molecule has 0 spiro atoms. The maximum Gasteiger partial charge on any atom is 0.225 e. The molecular weight excluding hydrogens is 340 g/mol. The first-order valence-electron chi connectivity index (χ1n) is 9.08. The van der Waals surface area contributed by atoms with Gasteiger partial charge < -0.3 is 4.90 Å². The quantitative estimate of drug-likeness (QED) is 0.650. The van der Waals surface area contributed by atoms with Crippen LogP contribution in [0.5, 0.6) is 0 Å². The minimum Gasteiger partial charge on any atom is -0.341 e. The number of anilines is 1. The van der Waals surface area contributed by atoms with E-state index in [1.807, 2.05) is 12.3 Å². The Morgan fingerprint density at radius 1 is 1.00 bits per heavy atom. The zero-order valence-electron chi connectivity index (χ0n) is 15.8. The Bertz CT molecular complexity index is 918. The second-order valence-corrected chi connectivity index (χ2v) is 8.84. The summed E-state index contributed by atoms with van der Waals surface area (Å²) in [6, 6.07) is 10.7. The molecule has 134 valence electrons. The van der Waals surface area contributed by atoms with Crippen molar-refractivity contribution in [3.8, 4) is 21.1 Å². The molecule has 3 aromatic rings. The van der Waals surface area contributed by atoms with E-state index in [2.05, 4.69) is 61.8 Å². The highest BCUT2D eigenvalue weighted by Gasteiger charge is 2.19. The molecule has 0 saturated carbocycles. The van der Waals surface area contributed by atoms with Gasteiger partial charge in [0.25, 0.3) is 0 Å². The van der Waals surface area contributed by atoms with Crippen molar-refractivity contribution in [3.05, 3.63) is 47.8 Å². The lowest BCUT2D eigenvalue weighted by molar-refractivity contribution is 0.590. The van der Waals surface area contributed by atoms with Crippen molar-refractivity contribution in [1.29, 1.82) is 0 Å². The molecule has 4 rings (SSSR count). The Morgan fingerprint density at radius 3 is 2.35 bits per heavy atom. The van der Waals surface area contributed by atoms with Crippen molar-refractivity contribution in [2.24, 2.45) is 0 Å². The van der Waals surface area contributed by atoms with E-state index >= 15 is 0 Å². The summed E-state index contributed by atoms with van der Waals surface area (Å²) in [6.07, 6.45) is 3.08. The SMILES string of the molecule is Cc1nc(-c2ccc(C(C)(C)C)cc2)sc1-c1ccnc(N2CCC2)n1. The second-order valence-electron chi connectivity index (χ2n) is 7.84. The molecule has 1 aliphatic heterocycles. The molecule has 1 fully saturated rings. The van der Waals surface area contributed by atoms with Crippen molar-refractivity contribution in [1.82, 2.24) is 15.0 Å². The highest BCUT2D eigenvalue weighted by Crippen LogP contribution is 2.35. The molecule has 4 nitrogen and oxygen atoms in total. The van der Waals surface area contributed by atoms with Gasteiger partial charge in [0.05, 0.1) is 16.3 Å². The van der Waals surface area contributed by atoms with Crippen LogP contribution in [0.3, 0.4) is 0 Å². The van der Waals surface area contributed by atoms with Crippen LogP contribution >= 0.6 is 11.3 Å². The summed E-state index contributed by atoms with van der Waals surface area (Å²) in [4.78, 5) is 17.3. The fraction of sp³-hybridized carbons (Fsp3) is 0.381. The number of aromatic nitrogens is 3. The third kappa shape index (κ3) is 3.23. The molecule has 0 atom stereocenters. The van der Waals surface area contributed by atoms with Crippen LogP contribution < -0.4 is 4.90 Å². The van der Waals surface area contributed by atoms with E-state index in [4.69, 9.17) is 9.97 Å². The van der Waals surface area contributed by atoms with E-state index in [1.54, 1.807) is 11.3 Å². The van der Waals surface area contributed by atoms with Crippen molar-refractivity contribution >= 4 is 17.3 Å². The van der Waals surface area contributed by atoms with Crippen LogP contribution in [-0.2, 0) is 5.41 Å². The van der Waals surface area contributed by atoms with Crippen LogP contribution in [-0.4, -0.2) is 28.0 Å². The summed E-state index contributed by atoms with van der Waals surface area (Å²) in [7, 11) is 0. The van der Waals surface area contributed by atoms with E-state index in [0.717, 1.165) is 45.9 Å². The van der Waals surface area contributed by atoms with E-state index in [9.17, 15) is 0 Å². The van der Waals surface area contributed by atoms with Gasteiger partial charge in [0, 0.05) is 24.8 Å². The van der Waals surface area contributed by atoms with Crippen LogP contribution in [0.15, 0.2) is 36.5 Å². The van der Waals surface area contributed by atoms with Gasteiger partial charge in [-0.25, -0.2) is 15.0 Å². The molecule has 1 aromatic carbocycles. The van der Waals surface area contributed by atoms with E-state index in [1.165, 1.54) is 12.0 Å². The van der Waals surface area contributed by atoms with Crippen LogP contribution in [0.25, 0.3) is 21.1 Å². The summed E-state index contributed by atoms with van der Waals surface area (Å²) >= 11 is 1.71. The highest BCUT2D eigenvalue weighted by atomic mass is 32.1. The minimum atomic E-state index is 0.163. The van der Waals surface area contributed by atoms with Crippen molar-refractivity contribution < 1.29 is 0 Å². The van der Waals surface area contributed by atoms with Crippen molar-refractivity contribution in [2.75, 3.05) is 18.0 Å². The number of aryl methyl sites for hydroxylation is 1. The molecule has 0 bridgehead atoms. The Labute approximate surface area is 159 Å². The van der Waals surface area contributed by atoms with Gasteiger partial charge in [-0.2, -0.15) is 0 Å². The summed E-state index contributed by atoms with van der Waals surface area (Å²) in [5, 5.41) is 1.04. The third-order valence-corrected chi connectivity index (χ3v) is 6.04. The lowest BCUT2D eigenvalue weighted by Crippen LogP contribution is -2.38. The predicted molar refractivity (Wildman–Crippen MR) is 109 cm³/mol. The maximum atomic E-state index is 4.80. The number of thiazole rings is 1. The molecule has 0 radical (unpaired) electrons. The van der Waals surface area contributed by atoms with Crippen LogP contribution in [0.4, 0.5) is 5.95 Å². The standard InChI is InChI=1S/C21H24N4S/c1-14-18(17-10-11-22-20(24-17)25-12-5-13-25)26-19(23-14)15-6-8-16(9-7-15)21(2,3)4/h6-11H,5,12-13H2,1-4H3. The number of benzene rings is 1. The first-order valence-corrected chi connectivity index (χ1v) is 9.90. The maximum absolute atomic E-state index is 4.80. The zero-order valence-corrected chi connectivity index (χ0v) is 16.6. The molecule has 5 heteroatoms. The highest BCUT2D eigenvalue weighted by molar-refractivity contribution is 7.18. The van der Waals surface area contributed by atoms with Gasteiger partial charge in [-0.1, -0.05) is 45.0 Å². The van der Waals surface area contributed by atoms with Gasteiger partial charge in [-0.15, -0.1) is 11.3 Å². The minimum absolute atomic E-state index is 0.163. The summed E-state index contributed by atoms with van der Waals surface area (Å²) in [6.45, 7) is 10.9. The topological polar surface area (TPSA) is 41.9 Å². The van der Waals surface area contributed by atoms with Crippen molar-refractivity contribution in [2.45, 2.75) is 39.5 Å². The van der Waals surface area contributed by atoms with Crippen LogP contribution in [0, 0.1) is 6.92 Å². The molecule has 0 amide bonds. The smallest absolute Gasteiger partial charge is 0.225 e. The summed E-state index contributed by atoms with van der Waals surface area (Å²) in [5.41, 5.74) is 4.66. The van der Waals surface area contributed by atoms with E-state index < -0.39 is 0 Å². The molecule has 26 heavy (non-hydrogen) atoms. The largest absolute Gasteiger partial charge is 0.341 e. The number of hydrogen-bond donors (Lipinski definition) is 0. The third-order valence-electron chi connectivity index (χ3n) is 4.81. The van der Waals surface area contributed by atoms with Gasteiger partial charge in [0.1, 0.15) is 5.01 Å². The van der Waals surface area contributed by atoms with Gasteiger partial charge in [0.2, 0.25) is 5.95 Å². The Hall–Kier alpha value is -2.27. The monoisotopic (exact) mass is 364 g/mol. The molecule has 1 saturated heterocycles. The first kappa shape index (κ1) is 17.2. The normalized spacial score (nSPS) is 14.4. The lowest BCUT2D eigenvalue weighted by Gasteiger charge is -2.30. The molecule has 2 aromatic heterocycles. The van der Waals surface area contributed by atoms with Gasteiger partial charge in [-0.3, -0.25) is 0 Å². The Morgan fingerprint density at radius 2 is 1.73 bits per heavy atom. The summed E-state index contributed by atoms with van der Waals surface area (Å²) < 4.78 is 0. The molecule has 0 N–H and O–H groups in total. The predicted octanol–water partition coefficient (Wildman–Crippen LogP) is 5.08. The Kier molecular flexibility index (Phi) is 4.27. The fourth-order valence-electron chi connectivity index (χ4n) is 3.01. The second kappa shape index (κ2) is 6.47. The lowest BCUT2D eigenvalue weighted by atomic mass is 9.87. The van der Waals surface area contributed by atoms with E-state index in [0.29, 0.717) is 0 Å². The Balaban J connectivity index is 1.65. The molecular formula is C21H24N4S. The molecule has 3 heterocycles. The molecule has 1 aliphatic rings. The van der Waals surface area contributed by atoms with Gasteiger partial charge in [0.15, 0.2) is 0 Å². The number of nitrogens with zero attached hydrogens (tertiary/aromatic N) is 4. The average Bonchev–Trinajstić information content (AvgIpc) is 2.95. The zero-order chi connectivity index (χ0) is 18.3. The van der Waals surface area contributed by atoms with Crippen LogP contribution in [0.1, 0.15) is 38.4 Å². The number of rotatable bonds is 3. The first-order chi connectivity index (χ1) is 12.4. The number of hydrogen-bond acceptors (Lipinski definition) is 5. The van der Waals surface area contributed by atoms with Crippen molar-refractivity contribution in [3.63, 3.8) is 0 Å². The van der Waals surface area contributed by atoms with Gasteiger partial charge >= 0.3 is 0 Å². The van der Waals surface area contributed by atoms with Crippen LogP contribution in [0.2, 0.25) is 0 Å². The van der Waals surface area contributed by atoms with Gasteiger partial charge in [-0.05, 0) is 30.4 Å². The molecule has 0 aliphatic carbocycles. The average molecular weight is 365 g/mol. The fourth-order valence-corrected chi connectivity index (χ4v) is 4.06.